The van der Waals surface area contributed by atoms with E-state index in [9.17, 15) is 9.59 Å². The number of nitrogens with zero attached hydrogens (tertiary/aromatic N) is 3. The van der Waals surface area contributed by atoms with Gasteiger partial charge in [0.15, 0.2) is 0 Å². The minimum atomic E-state index is -0.160. The smallest absolute Gasteiger partial charge is 0.271 e. The van der Waals surface area contributed by atoms with E-state index in [-0.39, 0.29) is 17.4 Å². The van der Waals surface area contributed by atoms with Crippen molar-refractivity contribution in [3.8, 4) is 5.69 Å². The molecule has 1 aliphatic rings. The number of anilines is 1. The van der Waals surface area contributed by atoms with Crippen LogP contribution in [0.4, 0.5) is 5.82 Å². The van der Waals surface area contributed by atoms with E-state index in [0.29, 0.717) is 24.7 Å². The molecule has 1 aliphatic heterocycles. The van der Waals surface area contributed by atoms with Crippen molar-refractivity contribution in [3.63, 3.8) is 0 Å². The summed E-state index contributed by atoms with van der Waals surface area (Å²) in [6.07, 6.45) is 2.42. The number of amides is 1. The molecule has 0 unspecified atom stereocenters. The SMILES string of the molecule is CCc1ccc(-n2nc(N3CCC(C(=O)NCc4ccccc4Cl)CC3)ccc2=O)cc1. The number of aryl methyl sites for hydroxylation is 1. The van der Waals surface area contributed by atoms with Crippen LogP contribution in [0.5, 0.6) is 0 Å². The lowest BCUT2D eigenvalue weighted by molar-refractivity contribution is -0.125. The van der Waals surface area contributed by atoms with Crippen molar-refractivity contribution >= 4 is 23.3 Å². The summed E-state index contributed by atoms with van der Waals surface area (Å²) in [5.41, 5.74) is 2.72. The molecule has 0 saturated carbocycles. The average Bonchev–Trinajstić information content (AvgIpc) is 2.84. The summed E-state index contributed by atoms with van der Waals surface area (Å²) in [6, 6.07) is 18.7. The zero-order chi connectivity index (χ0) is 22.5. The van der Waals surface area contributed by atoms with Gasteiger partial charge < -0.3 is 10.2 Å². The van der Waals surface area contributed by atoms with E-state index >= 15 is 0 Å². The number of carbonyl (C=O) groups is 1. The van der Waals surface area contributed by atoms with Gasteiger partial charge in [-0.2, -0.15) is 4.68 Å². The van der Waals surface area contributed by atoms with Crippen LogP contribution in [0.2, 0.25) is 5.02 Å². The predicted molar refractivity (Wildman–Crippen MR) is 127 cm³/mol. The van der Waals surface area contributed by atoms with E-state index in [1.807, 2.05) is 48.5 Å². The van der Waals surface area contributed by atoms with Crippen LogP contribution in [0, 0.1) is 5.92 Å². The maximum Gasteiger partial charge on any atom is 0.271 e. The molecule has 0 atom stereocenters. The Morgan fingerprint density at radius 3 is 2.47 bits per heavy atom. The van der Waals surface area contributed by atoms with E-state index in [2.05, 4.69) is 22.2 Å². The van der Waals surface area contributed by atoms with Crippen LogP contribution in [0.25, 0.3) is 5.69 Å². The second-order valence-corrected chi connectivity index (χ2v) is 8.44. The predicted octanol–water partition coefficient (Wildman–Crippen LogP) is 3.98. The molecule has 32 heavy (non-hydrogen) atoms. The Morgan fingerprint density at radius 1 is 1.06 bits per heavy atom. The van der Waals surface area contributed by atoms with E-state index in [4.69, 9.17) is 11.6 Å². The third-order valence-corrected chi connectivity index (χ3v) is 6.34. The van der Waals surface area contributed by atoms with E-state index < -0.39 is 0 Å². The van der Waals surface area contributed by atoms with Crippen LogP contribution in [0.3, 0.4) is 0 Å². The fraction of sp³-hybridized carbons (Fsp3) is 0.320. The lowest BCUT2D eigenvalue weighted by Gasteiger charge is -2.32. The third-order valence-electron chi connectivity index (χ3n) is 5.98. The molecule has 1 fully saturated rings. The number of hydrogen-bond donors (Lipinski definition) is 1. The number of halogens is 1. The van der Waals surface area contributed by atoms with Gasteiger partial charge in [0.05, 0.1) is 5.69 Å². The zero-order valence-corrected chi connectivity index (χ0v) is 18.9. The Morgan fingerprint density at radius 2 is 1.78 bits per heavy atom. The fourth-order valence-corrected chi connectivity index (χ4v) is 4.17. The van der Waals surface area contributed by atoms with Crippen LogP contribution >= 0.6 is 11.6 Å². The van der Waals surface area contributed by atoms with Gasteiger partial charge in [-0.25, -0.2) is 0 Å². The molecule has 0 aliphatic carbocycles. The molecule has 2 aromatic carbocycles. The number of aromatic nitrogens is 2. The van der Waals surface area contributed by atoms with Crippen LogP contribution in [0.1, 0.15) is 30.9 Å². The van der Waals surface area contributed by atoms with Gasteiger partial charge in [0.25, 0.3) is 5.56 Å². The molecule has 0 bridgehead atoms. The first-order valence-electron chi connectivity index (χ1n) is 11.0. The number of hydrogen-bond acceptors (Lipinski definition) is 4. The van der Waals surface area contributed by atoms with Gasteiger partial charge in [0.2, 0.25) is 5.91 Å². The van der Waals surface area contributed by atoms with Gasteiger partial charge in [-0.3, -0.25) is 9.59 Å². The maximum absolute atomic E-state index is 12.6. The van der Waals surface area contributed by atoms with E-state index in [1.54, 1.807) is 12.1 Å². The van der Waals surface area contributed by atoms with Gasteiger partial charge in [-0.1, -0.05) is 48.9 Å². The average molecular weight is 451 g/mol. The molecule has 1 saturated heterocycles. The van der Waals surface area contributed by atoms with Crippen LogP contribution in [-0.4, -0.2) is 28.8 Å². The summed E-state index contributed by atoms with van der Waals surface area (Å²) >= 11 is 6.17. The van der Waals surface area contributed by atoms with Crippen molar-refractivity contribution in [2.75, 3.05) is 18.0 Å². The zero-order valence-electron chi connectivity index (χ0n) is 18.1. The van der Waals surface area contributed by atoms with Crippen LogP contribution in [-0.2, 0) is 17.8 Å². The molecule has 7 heteroatoms. The first kappa shape index (κ1) is 22.1. The molecule has 4 rings (SSSR count). The lowest BCUT2D eigenvalue weighted by Crippen LogP contribution is -2.41. The summed E-state index contributed by atoms with van der Waals surface area (Å²) in [6.45, 7) is 3.96. The molecule has 1 aromatic heterocycles. The van der Waals surface area contributed by atoms with Crippen LogP contribution in [0.15, 0.2) is 65.5 Å². The molecule has 3 aromatic rings. The summed E-state index contributed by atoms with van der Waals surface area (Å²) in [7, 11) is 0. The minimum Gasteiger partial charge on any atom is -0.355 e. The number of benzene rings is 2. The highest BCUT2D eigenvalue weighted by atomic mass is 35.5. The van der Waals surface area contributed by atoms with Gasteiger partial charge in [-0.15, -0.1) is 5.10 Å². The fourth-order valence-electron chi connectivity index (χ4n) is 3.97. The number of piperidine rings is 1. The van der Waals surface area contributed by atoms with Crippen molar-refractivity contribution < 1.29 is 4.79 Å². The summed E-state index contributed by atoms with van der Waals surface area (Å²) < 4.78 is 1.44. The summed E-state index contributed by atoms with van der Waals surface area (Å²) in [5, 5.41) is 8.26. The highest BCUT2D eigenvalue weighted by Gasteiger charge is 2.26. The van der Waals surface area contributed by atoms with Crippen molar-refractivity contribution in [2.45, 2.75) is 32.7 Å². The Kier molecular flexibility index (Phi) is 6.90. The number of carbonyl (C=O) groups excluding carboxylic acids is 1. The normalized spacial score (nSPS) is 14.4. The second-order valence-electron chi connectivity index (χ2n) is 8.03. The Bertz CT molecular complexity index is 1140. The van der Waals surface area contributed by atoms with Crippen molar-refractivity contribution in [3.05, 3.63) is 87.2 Å². The Labute approximate surface area is 192 Å². The Balaban J connectivity index is 1.38. The van der Waals surface area contributed by atoms with Gasteiger partial charge in [0, 0.05) is 36.6 Å². The van der Waals surface area contributed by atoms with Crippen molar-refractivity contribution in [1.82, 2.24) is 15.1 Å². The molecule has 1 amide bonds. The second kappa shape index (κ2) is 10.0. The molecule has 1 N–H and O–H groups in total. The number of nitrogens with one attached hydrogen (secondary N) is 1. The van der Waals surface area contributed by atoms with Gasteiger partial charge in [0.1, 0.15) is 5.82 Å². The highest BCUT2D eigenvalue weighted by Crippen LogP contribution is 2.22. The topological polar surface area (TPSA) is 67.2 Å². The maximum atomic E-state index is 12.6. The standard InChI is InChI=1S/C25H27ClN4O2/c1-2-18-7-9-21(10-8-18)30-24(31)12-11-23(28-30)29-15-13-19(14-16-29)25(32)27-17-20-5-3-4-6-22(20)26/h3-12,19H,2,13-17H2,1H3,(H,27,32). The number of rotatable bonds is 6. The minimum absolute atomic E-state index is 0.0405. The van der Waals surface area contributed by atoms with E-state index in [1.165, 1.54) is 10.2 Å². The molecular weight excluding hydrogens is 424 g/mol. The molecule has 0 radical (unpaired) electrons. The van der Waals surface area contributed by atoms with Crippen molar-refractivity contribution in [2.24, 2.45) is 5.92 Å². The lowest BCUT2D eigenvalue weighted by atomic mass is 9.96. The largest absolute Gasteiger partial charge is 0.355 e. The van der Waals surface area contributed by atoms with Gasteiger partial charge in [-0.05, 0) is 54.7 Å². The Hall–Kier alpha value is -3.12. The summed E-state index contributed by atoms with van der Waals surface area (Å²) in [5.74, 6) is 0.763. The van der Waals surface area contributed by atoms with E-state index in [0.717, 1.165) is 36.3 Å². The van der Waals surface area contributed by atoms with Crippen molar-refractivity contribution in [1.29, 1.82) is 0 Å². The molecular formula is C25H27ClN4O2. The molecule has 2 heterocycles. The molecule has 166 valence electrons. The monoisotopic (exact) mass is 450 g/mol. The third kappa shape index (κ3) is 5.02. The molecule has 0 spiro atoms. The first-order chi connectivity index (χ1) is 15.5. The molecule has 6 nitrogen and oxygen atoms in total. The van der Waals surface area contributed by atoms with Crippen LogP contribution < -0.4 is 15.8 Å². The quantitative estimate of drug-likeness (QED) is 0.616. The van der Waals surface area contributed by atoms with Gasteiger partial charge >= 0.3 is 0 Å². The highest BCUT2D eigenvalue weighted by molar-refractivity contribution is 6.31. The summed E-state index contributed by atoms with van der Waals surface area (Å²) in [4.78, 5) is 27.1. The first-order valence-corrected chi connectivity index (χ1v) is 11.4.